The molecule has 1 aliphatic carbocycles. The molecular weight excluding hydrogens is 394 g/mol. The van der Waals surface area contributed by atoms with Gasteiger partial charge in [0.05, 0.1) is 19.5 Å². The first-order valence-corrected chi connectivity index (χ1v) is 10.4. The molecule has 1 amide bonds. The quantitative estimate of drug-likeness (QED) is 0.611. The largest absolute Gasteiger partial charge is 0.480 e. The van der Waals surface area contributed by atoms with Gasteiger partial charge in [0.25, 0.3) is 5.91 Å². The Balaban J connectivity index is 1.25. The van der Waals surface area contributed by atoms with Crippen LogP contribution in [0.5, 0.6) is 23.3 Å². The summed E-state index contributed by atoms with van der Waals surface area (Å²) < 4.78 is 16.8. The van der Waals surface area contributed by atoms with Crippen molar-refractivity contribution >= 4 is 5.91 Å². The third-order valence-electron chi connectivity index (χ3n) is 5.19. The monoisotopic (exact) mass is 419 g/mol. The SMILES string of the molecule is COc1cncc(OC2CCC(NC(=O)c3ccc(Oc4ccccc4)cc3)CC2)n1. The lowest BCUT2D eigenvalue weighted by atomic mass is 9.92. The van der Waals surface area contributed by atoms with Crippen LogP contribution in [0, 0.1) is 0 Å². The molecule has 0 spiro atoms. The maximum absolute atomic E-state index is 12.6. The first-order valence-electron chi connectivity index (χ1n) is 10.4. The highest BCUT2D eigenvalue weighted by Crippen LogP contribution is 2.24. The predicted molar refractivity (Wildman–Crippen MR) is 116 cm³/mol. The molecular formula is C24H25N3O4. The molecule has 1 saturated carbocycles. The standard InChI is InChI=1S/C24H25N3O4/c1-29-22-15-25-16-23(27-22)31-21-13-9-18(10-14-21)26-24(28)17-7-11-20(12-8-17)30-19-5-3-2-4-6-19/h2-8,11-12,15-16,18,21H,9-10,13-14H2,1H3,(H,26,28). The number of nitrogens with zero attached hydrogens (tertiary/aromatic N) is 2. The number of nitrogens with one attached hydrogen (secondary N) is 1. The summed E-state index contributed by atoms with van der Waals surface area (Å²) in [5.74, 6) is 2.28. The van der Waals surface area contributed by atoms with Crippen molar-refractivity contribution < 1.29 is 19.0 Å². The smallest absolute Gasteiger partial charge is 0.251 e. The molecule has 0 atom stereocenters. The summed E-state index contributed by atoms with van der Waals surface area (Å²) in [6.45, 7) is 0. The molecule has 160 valence electrons. The van der Waals surface area contributed by atoms with Crippen molar-refractivity contribution in [2.45, 2.75) is 37.8 Å². The number of hydrogen-bond acceptors (Lipinski definition) is 6. The Morgan fingerprint density at radius 2 is 1.58 bits per heavy atom. The number of para-hydroxylation sites is 1. The maximum Gasteiger partial charge on any atom is 0.251 e. The minimum absolute atomic E-state index is 0.0592. The van der Waals surface area contributed by atoms with Crippen LogP contribution in [0.3, 0.4) is 0 Å². The van der Waals surface area contributed by atoms with Crippen LogP contribution in [-0.4, -0.2) is 35.1 Å². The fourth-order valence-corrected chi connectivity index (χ4v) is 3.55. The number of rotatable bonds is 7. The Labute approximate surface area is 181 Å². The average Bonchev–Trinajstić information content (AvgIpc) is 2.81. The van der Waals surface area contributed by atoms with E-state index >= 15 is 0 Å². The molecule has 1 aliphatic rings. The molecule has 0 aliphatic heterocycles. The lowest BCUT2D eigenvalue weighted by molar-refractivity contribution is 0.0889. The Morgan fingerprint density at radius 1 is 0.903 bits per heavy atom. The molecule has 0 unspecified atom stereocenters. The zero-order valence-corrected chi connectivity index (χ0v) is 17.4. The molecule has 0 saturated heterocycles. The molecule has 0 radical (unpaired) electrons. The van der Waals surface area contributed by atoms with Gasteiger partial charge < -0.3 is 19.5 Å². The topological polar surface area (TPSA) is 82.6 Å². The van der Waals surface area contributed by atoms with Crippen LogP contribution in [0.15, 0.2) is 67.0 Å². The van der Waals surface area contributed by atoms with Crippen molar-refractivity contribution in [1.82, 2.24) is 15.3 Å². The molecule has 1 N–H and O–H groups in total. The number of hydrogen-bond donors (Lipinski definition) is 1. The summed E-state index contributed by atoms with van der Waals surface area (Å²) in [5, 5.41) is 3.12. The Morgan fingerprint density at radius 3 is 2.29 bits per heavy atom. The zero-order chi connectivity index (χ0) is 21.5. The Bertz CT molecular complexity index is 987. The third kappa shape index (κ3) is 5.72. The number of carbonyl (C=O) groups is 1. The van der Waals surface area contributed by atoms with Crippen molar-refractivity contribution in [3.05, 3.63) is 72.6 Å². The van der Waals surface area contributed by atoms with E-state index in [0.29, 0.717) is 23.1 Å². The van der Waals surface area contributed by atoms with Crippen molar-refractivity contribution in [2.75, 3.05) is 7.11 Å². The summed E-state index contributed by atoms with van der Waals surface area (Å²) in [5.41, 5.74) is 0.616. The van der Waals surface area contributed by atoms with Crippen LogP contribution in [0.1, 0.15) is 36.0 Å². The van der Waals surface area contributed by atoms with Gasteiger partial charge in [-0.25, -0.2) is 0 Å². The van der Waals surface area contributed by atoms with E-state index in [1.807, 2.05) is 42.5 Å². The van der Waals surface area contributed by atoms with E-state index < -0.39 is 0 Å². The average molecular weight is 419 g/mol. The van der Waals surface area contributed by atoms with Crippen molar-refractivity contribution in [3.63, 3.8) is 0 Å². The van der Waals surface area contributed by atoms with E-state index in [4.69, 9.17) is 14.2 Å². The molecule has 3 aromatic rings. The summed E-state index contributed by atoms with van der Waals surface area (Å²) in [6.07, 6.45) is 6.57. The highest BCUT2D eigenvalue weighted by molar-refractivity contribution is 5.94. The second-order valence-electron chi connectivity index (χ2n) is 7.40. The number of ether oxygens (including phenoxy) is 3. The number of carbonyl (C=O) groups excluding carboxylic acids is 1. The molecule has 7 nitrogen and oxygen atoms in total. The molecule has 2 aromatic carbocycles. The number of amides is 1. The number of aromatic nitrogens is 2. The fraction of sp³-hybridized carbons (Fsp3) is 0.292. The van der Waals surface area contributed by atoms with Crippen LogP contribution < -0.4 is 19.5 Å². The molecule has 4 rings (SSSR count). The van der Waals surface area contributed by atoms with Gasteiger partial charge in [0.1, 0.15) is 17.6 Å². The highest BCUT2D eigenvalue weighted by Gasteiger charge is 2.24. The van der Waals surface area contributed by atoms with Gasteiger partial charge in [-0.3, -0.25) is 9.78 Å². The minimum atomic E-state index is -0.0747. The molecule has 0 bridgehead atoms. The van der Waals surface area contributed by atoms with E-state index in [2.05, 4.69) is 15.3 Å². The van der Waals surface area contributed by atoms with E-state index in [9.17, 15) is 4.79 Å². The predicted octanol–water partition coefficient (Wildman–Crippen LogP) is 4.40. The Hall–Kier alpha value is -3.61. The lowest BCUT2D eigenvalue weighted by Crippen LogP contribution is -2.39. The van der Waals surface area contributed by atoms with Crippen molar-refractivity contribution in [2.24, 2.45) is 0 Å². The molecule has 1 fully saturated rings. The first kappa shape index (κ1) is 20.7. The van der Waals surface area contributed by atoms with Gasteiger partial charge in [-0.05, 0) is 62.1 Å². The van der Waals surface area contributed by atoms with Crippen molar-refractivity contribution in [3.8, 4) is 23.3 Å². The molecule has 7 heteroatoms. The van der Waals surface area contributed by atoms with Gasteiger partial charge in [-0.15, -0.1) is 0 Å². The second-order valence-corrected chi connectivity index (χ2v) is 7.40. The van der Waals surface area contributed by atoms with E-state index in [1.165, 1.54) is 0 Å². The van der Waals surface area contributed by atoms with Gasteiger partial charge in [0, 0.05) is 11.6 Å². The zero-order valence-electron chi connectivity index (χ0n) is 17.4. The van der Waals surface area contributed by atoms with Crippen LogP contribution in [-0.2, 0) is 0 Å². The molecule has 1 aromatic heterocycles. The third-order valence-corrected chi connectivity index (χ3v) is 5.19. The normalized spacial score (nSPS) is 18.1. The van der Waals surface area contributed by atoms with Gasteiger partial charge in [-0.1, -0.05) is 18.2 Å². The summed E-state index contributed by atoms with van der Waals surface area (Å²) in [4.78, 5) is 20.9. The molecule has 1 heterocycles. The van der Waals surface area contributed by atoms with E-state index in [0.717, 1.165) is 31.4 Å². The number of methoxy groups -OCH3 is 1. The van der Waals surface area contributed by atoms with E-state index in [1.54, 1.807) is 31.6 Å². The Kier molecular flexibility index (Phi) is 6.62. The van der Waals surface area contributed by atoms with Gasteiger partial charge in [-0.2, -0.15) is 4.98 Å². The van der Waals surface area contributed by atoms with Crippen molar-refractivity contribution in [1.29, 1.82) is 0 Å². The van der Waals surface area contributed by atoms with Gasteiger partial charge in [0.15, 0.2) is 0 Å². The fourth-order valence-electron chi connectivity index (χ4n) is 3.55. The first-order chi connectivity index (χ1) is 15.2. The highest BCUT2D eigenvalue weighted by atomic mass is 16.5. The van der Waals surface area contributed by atoms with Gasteiger partial charge >= 0.3 is 0 Å². The number of benzene rings is 2. The lowest BCUT2D eigenvalue weighted by Gasteiger charge is -2.29. The van der Waals surface area contributed by atoms with Crippen LogP contribution >= 0.6 is 0 Å². The minimum Gasteiger partial charge on any atom is -0.480 e. The summed E-state index contributed by atoms with van der Waals surface area (Å²) in [6, 6.07) is 16.9. The van der Waals surface area contributed by atoms with Crippen LogP contribution in [0.2, 0.25) is 0 Å². The molecule has 31 heavy (non-hydrogen) atoms. The van der Waals surface area contributed by atoms with Crippen LogP contribution in [0.25, 0.3) is 0 Å². The maximum atomic E-state index is 12.6. The summed E-state index contributed by atoms with van der Waals surface area (Å²) >= 11 is 0. The summed E-state index contributed by atoms with van der Waals surface area (Å²) in [7, 11) is 1.55. The van der Waals surface area contributed by atoms with Crippen LogP contribution in [0.4, 0.5) is 0 Å². The second kappa shape index (κ2) is 9.93. The van der Waals surface area contributed by atoms with Gasteiger partial charge in [0.2, 0.25) is 11.8 Å². The van der Waals surface area contributed by atoms with E-state index in [-0.39, 0.29) is 18.1 Å².